The van der Waals surface area contributed by atoms with E-state index in [1.165, 1.54) is 0 Å². The number of aryl methyl sites for hydroxylation is 1. The van der Waals surface area contributed by atoms with Crippen LogP contribution in [0, 0.1) is 17.2 Å². The highest BCUT2D eigenvalue weighted by Gasteiger charge is 2.10. The molecule has 0 aliphatic carbocycles. The fourth-order valence-electron chi connectivity index (χ4n) is 1.71. The molecular weight excluding hydrogens is 212 g/mol. The molecule has 1 aromatic rings. The number of nitriles is 1. The van der Waals surface area contributed by atoms with Crippen LogP contribution in [0.15, 0.2) is 12.4 Å². The Kier molecular flexibility index (Phi) is 5.41. The summed E-state index contributed by atoms with van der Waals surface area (Å²) in [6, 6.07) is 4.28. The molecule has 0 spiro atoms. The number of aromatic nitrogens is 2. The molecule has 0 amide bonds. The summed E-state index contributed by atoms with van der Waals surface area (Å²) in [6.07, 6.45) is 3.66. The molecule has 4 nitrogen and oxygen atoms in total. The van der Waals surface area contributed by atoms with Crippen molar-refractivity contribution < 1.29 is 0 Å². The van der Waals surface area contributed by atoms with Crippen molar-refractivity contribution in [2.45, 2.75) is 33.6 Å². The Balaban J connectivity index is 2.81. The van der Waals surface area contributed by atoms with E-state index in [0.717, 1.165) is 37.4 Å². The second kappa shape index (κ2) is 6.85. The van der Waals surface area contributed by atoms with Gasteiger partial charge in [-0.05, 0) is 20.3 Å². The fourth-order valence-corrected chi connectivity index (χ4v) is 1.71. The normalized spacial score (nSPS) is 11.9. The van der Waals surface area contributed by atoms with Gasteiger partial charge < -0.3 is 4.90 Å². The monoisotopic (exact) mass is 232 g/mol. The predicted molar refractivity (Wildman–Crippen MR) is 68.7 cm³/mol. The molecule has 0 aliphatic rings. The van der Waals surface area contributed by atoms with Crippen LogP contribution >= 0.6 is 0 Å². The van der Waals surface area contributed by atoms with Gasteiger partial charge in [0.05, 0.1) is 12.0 Å². The Bertz CT molecular complexity index is 383. The van der Waals surface area contributed by atoms with E-state index in [9.17, 15) is 0 Å². The number of anilines is 1. The summed E-state index contributed by atoms with van der Waals surface area (Å²) in [5, 5.41) is 8.86. The van der Waals surface area contributed by atoms with Gasteiger partial charge >= 0.3 is 0 Å². The Morgan fingerprint density at radius 1 is 1.41 bits per heavy atom. The van der Waals surface area contributed by atoms with Crippen molar-refractivity contribution in [1.82, 2.24) is 9.97 Å². The van der Waals surface area contributed by atoms with Gasteiger partial charge in [-0.3, -0.25) is 0 Å². The third-order valence-electron chi connectivity index (χ3n) is 2.64. The van der Waals surface area contributed by atoms with Crippen LogP contribution in [-0.4, -0.2) is 23.1 Å². The first kappa shape index (κ1) is 13.4. The molecule has 1 aromatic heterocycles. The zero-order chi connectivity index (χ0) is 12.7. The largest absolute Gasteiger partial charge is 0.355 e. The van der Waals surface area contributed by atoms with Crippen molar-refractivity contribution in [3.05, 3.63) is 18.1 Å². The molecule has 17 heavy (non-hydrogen) atoms. The molecule has 1 unspecified atom stereocenters. The zero-order valence-corrected chi connectivity index (χ0v) is 10.8. The van der Waals surface area contributed by atoms with E-state index in [0.29, 0.717) is 0 Å². The molecule has 1 atom stereocenters. The first-order chi connectivity index (χ1) is 8.21. The van der Waals surface area contributed by atoms with E-state index < -0.39 is 0 Å². The van der Waals surface area contributed by atoms with E-state index in [2.05, 4.69) is 34.8 Å². The van der Waals surface area contributed by atoms with Crippen molar-refractivity contribution in [2.75, 3.05) is 18.0 Å². The van der Waals surface area contributed by atoms with Gasteiger partial charge in [-0.25, -0.2) is 9.97 Å². The van der Waals surface area contributed by atoms with Gasteiger partial charge in [0.2, 0.25) is 0 Å². The first-order valence-electron chi connectivity index (χ1n) is 6.16. The van der Waals surface area contributed by atoms with Crippen LogP contribution in [0.2, 0.25) is 0 Å². The lowest BCUT2D eigenvalue weighted by molar-refractivity contribution is 0.677. The highest BCUT2D eigenvalue weighted by Crippen LogP contribution is 2.13. The van der Waals surface area contributed by atoms with Crippen molar-refractivity contribution >= 4 is 5.82 Å². The molecule has 0 N–H and O–H groups in total. The molecule has 0 saturated heterocycles. The third-order valence-corrected chi connectivity index (χ3v) is 2.64. The summed E-state index contributed by atoms with van der Waals surface area (Å²) in [6.45, 7) is 7.71. The maximum absolute atomic E-state index is 8.86. The van der Waals surface area contributed by atoms with Crippen molar-refractivity contribution in [3.63, 3.8) is 0 Å². The standard InChI is InChI=1S/C13H20N4/c1-4-6-12-7-13(16-10-15-12)17(5-2)9-11(3)8-14/h7,10-11H,4-6,9H2,1-3H3. The summed E-state index contributed by atoms with van der Waals surface area (Å²) >= 11 is 0. The van der Waals surface area contributed by atoms with Crippen LogP contribution < -0.4 is 4.90 Å². The molecule has 1 rings (SSSR count). The van der Waals surface area contributed by atoms with Crippen LogP contribution in [0.4, 0.5) is 5.82 Å². The van der Waals surface area contributed by atoms with Crippen molar-refractivity contribution in [2.24, 2.45) is 5.92 Å². The molecular formula is C13H20N4. The Labute approximate surface area is 103 Å². The molecule has 92 valence electrons. The molecule has 4 heteroatoms. The molecule has 0 saturated carbocycles. The highest BCUT2D eigenvalue weighted by molar-refractivity contribution is 5.39. The van der Waals surface area contributed by atoms with Gasteiger partial charge in [0.15, 0.2) is 0 Å². The van der Waals surface area contributed by atoms with Gasteiger partial charge in [-0.2, -0.15) is 5.26 Å². The molecule has 0 aliphatic heterocycles. The van der Waals surface area contributed by atoms with Crippen LogP contribution in [0.5, 0.6) is 0 Å². The Morgan fingerprint density at radius 2 is 2.18 bits per heavy atom. The maximum Gasteiger partial charge on any atom is 0.132 e. The summed E-state index contributed by atoms with van der Waals surface area (Å²) in [5.41, 5.74) is 1.07. The lowest BCUT2D eigenvalue weighted by Gasteiger charge is -2.23. The van der Waals surface area contributed by atoms with Gasteiger partial charge in [0, 0.05) is 24.8 Å². The van der Waals surface area contributed by atoms with Crippen LogP contribution in [0.3, 0.4) is 0 Å². The number of hydrogen-bond acceptors (Lipinski definition) is 4. The molecule has 0 radical (unpaired) electrons. The van der Waals surface area contributed by atoms with Crippen molar-refractivity contribution in [1.29, 1.82) is 5.26 Å². The lowest BCUT2D eigenvalue weighted by atomic mass is 10.2. The van der Waals surface area contributed by atoms with E-state index in [1.54, 1.807) is 6.33 Å². The molecule has 1 heterocycles. The van der Waals surface area contributed by atoms with E-state index in [-0.39, 0.29) is 5.92 Å². The average molecular weight is 232 g/mol. The first-order valence-corrected chi connectivity index (χ1v) is 6.16. The van der Waals surface area contributed by atoms with E-state index >= 15 is 0 Å². The Morgan fingerprint density at radius 3 is 2.76 bits per heavy atom. The van der Waals surface area contributed by atoms with Gasteiger partial charge in [-0.15, -0.1) is 0 Å². The molecule has 0 fully saturated rings. The van der Waals surface area contributed by atoms with Gasteiger partial charge in [0.1, 0.15) is 12.1 Å². The molecule has 0 aromatic carbocycles. The van der Waals surface area contributed by atoms with Crippen molar-refractivity contribution in [3.8, 4) is 6.07 Å². The topological polar surface area (TPSA) is 52.8 Å². The SMILES string of the molecule is CCCc1cc(N(CC)CC(C)C#N)ncn1. The fraction of sp³-hybridized carbons (Fsp3) is 0.615. The minimum absolute atomic E-state index is 0.0135. The van der Waals surface area contributed by atoms with E-state index in [4.69, 9.17) is 5.26 Å². The van der Waals surface area contributed by atoms with Crippen LogP contribution in [-0.2, 0) is 6.42 Å². The number of hydrogen-bond donors (Lipinski definition) is 0. The highest BCUT2D eigenvalue weighted by atomic mass is 15.2. The quantitative estimate of drug-likeness (QED) is 0.755. The predicted octanol–water partition coefficient (Wildman–Crippen LogP) is 2.42. The minimum Gasteiger partial charge on any atom is -0.355 e. The minimum atomic E-state index is 0.0135. The summed E-state index contributed by atoms with van der Waals surface area (Å²) in [4.78, 5) is 10.6. The summed E-state index contributed by atoms with van der Waals surface area (Å²) in [5.74, 6) is 0.938. The Hall–Kier alpha value is -1.63. The third kappa shape index (κ3) is 4.03. The number of nitrogens with zero attached hydrogens (tertiary/aromatic N) is 4. The summed E-state index contributed by atoms with van der Waals surface area (Å²) < 4.78 is 0. The van der Waals surface area contributed by atoms with E-state index in [1.807, 2.05) is 13.0 Å². The second-order valence-electron chi connectivity index (χ2n) is 4.19. The zero-order valence-electron chi connectivity index (χ0n) is 10.8. The molecule has 0 bridgehead atoms. The van der Waals surface area contributed by atoms with Gasteiger partial charge in [-0.1, -0.05) is 13.3 Å². The second-order valence-corrected chi connectivity index (χ2v) is 4.19. The van der Waals surface area contributed by atoms with Crippen LogP contribution in [0.25, 0.3) is 0 Å². The maximum atomic E-state index is 8.86. The lowest BCUT2D eigenvalue weighted by Crippen LogP contribution is -2.28. The summed E-state index contributed by atoms with van der Waals surface area (Å²) in [7, 11) is 0. The van der Waals surface area contributed by atoms with Crippen LogP contribution in [0.1, 0.15) is 32.9 Å². The smallest absolute Gasteiger partial charge is 0.132 e. The number of rotatable bonds is 6. The van der Waals surface area contributed by atoms with Gasteiger partial charge in [0.25, 0.3) is 0 Å². The average Bonchev–Trinajstić information content (AvgIpc) is 2.36.